The first kappa shape index (κ1) is 54.9. The quantitative estimate of drug-likeness (QED) is 0.0154. The number of unbranched alkanes of at least 4 members (excludes halogenated alkanes) is 14. The molecule has 5 unspecified atom stereocenters. The topological polar surface area (TPSA) is 169 Å². The number of nitrogens with zero attached hydrogens (tertiary/aromatic N) is 1. The monoisotopic (exact) mass is 831 g/mol. The second-order valence-corrected chi connectivity index (χ2v) is 17.4. The number of carbonyl (C=O) groups excluding carboxylic acids is 2. The van der Waals surface area contributed by atoms with E-state index in [-0.39, 0.29) is 38.9 Å². The Labute approximate surface area is 345 Å². The molecular formula is C44H81NO11P+. The van der Waals surface area contributed by atoms with E-state index in [2.05, 4.69) is 13.8 Å². The Kier molecular flexibility index (Phi) is 34.4. The predicted molar refractivity (Wildman–Crippen MR) is 228 cm³/mol. The van der Waals surface area contributed by atoms with E-state index in [4.69, 9.17) is 18.5 Å². The van der Waals surface area contributed by atoms with Gasteiger partial charge < -0.3 is 34.2 Å². The summed E-state index contributed by atoms with van der Waals surface area (Å²) in [5.41, 5.74) is 0. The third kappa shape index (κ3) is 37.8. The van der Waals surface area contributed by atoms with Gasteiger partial charge in [0, 0.05) is 12.8 Å². The lowest BCUT2D eigenvalue weighted by molar-refractivity contribution is -0.870. The second kappa shape index (κ2) is 35.8. The Morgan fingerprint density at radius 2 is 1.12 bits per heavy atom. The van der Waals surface area contributed by atoms with Crippen LogP contribution < -0.4 is 0 Å². The Hall–Kier alpha value is -2.15. The van der Waals surface area contributed by atoms with Crippen LogP contribution in [0.2, 0.25) is 0 Å². The second-order valence-electron chi connectivity index (χ2n) is 16.0. The predicted octanol–water partition coefficient (Wildman–Crippen LogP) is 8.82. The van der Waals surface area contributed by atoms with E-state index in [1.54, 1.807) is 42.5 Å². The molecule has 12 nitrogen and oxygen atoms in total. The van der Waals surface area contributed by atoms with Crippen molar-refractivity contribution in [2.45, 2.75) is 173 Å². The number of rotatable bonds is 38. The van der Waals surface area contributed by atoms with Gasteiger partial charge >= 0.3 is 19.8 Å². The molecule has 0 aromatic rings. The zero-order valence-electron chi connectivity index (χ0n) is 36.1. The standard InChI is InChI=1S/C44H80NO11P/c1-6-8-10-11-12-13-14-15-16-17-18-23-27-33-43(49)53-37-40(38-55-57(51,52)54-36-35-45(3,4)5)56-44(50)34-28-32-42(48)41(47)31-26-22-20-19-21-25-30-39(46)29-24-9-7-2/h19-22,25-26,30-31,39-42,46-48H,6-18,23-24,27-29,32-38H2,1-5H3/p+1/b21-19+,22-20-,30-25-,31-26-. The Balaban J connectivity index is 4.73. The molecule has 332 valence electrons. The first-order valence-corrected chi connectivity index (χ1v) is 23.2. The van der Waals surface area contributed by atoms with Crippen LogP contribution in [-0.4, -0.2) is 109 Å². The number of phosphoric acid groups is 1. The zero-order chi connectivity index (χ0) is 42.6. The molecule has 0 aromatic carbocycles. The molecule has 4 N–H and O–H groups in total. The summed E-state index contributed by atoms with van der Waals surface area (Å²) in [6, 6.07) is 0. The molecule has 0 fully saturated rings. The van der Waals surface area contributed by atoms with Crippen molar-refractivity contribution < 1.29 is 57.4 Å². The number of quaternary nitrogens is 1. The highest BCUT2D eigenvalue weighted by atomic mass is 31.2. The molecule has 0 radical (unpaired) electrons. The van der Waals surface area contributed by atoms with Crippen molar-refractivity contribution in [2.75, 3.05) is 47.5 Å². The molecule has 13 heteroatoms. The fourth-order valence-corrected chi connectivity index (χ4v) is 6.37. The van der Waals surface area contributed by atoms with Crippen LogP contribution in [0.3, 0.4) is 0 Å². The van der Waals surface area contributed by atoms with Gasteiger partial charge in [-0.25, -0.2) is 4.57 Å². The molecular weight excluding hydrogens is 749 g/mol. The van der Waals surface area contributed by atoms with Gasteiger partial charge in [-0.2, -0.15) is 0 Å². The molecule has 57 heavy (non-hydrogen) atoms. The fraction of sp³-hybridized carbons (Fsp3) is 0.773. The highest BCUT2D eigenvalue weighted by Crippen LogP contribution is 2.43. The maximum absolute atomic E-state index is 12.7. The average molecular weight is 831 g/mol. The van der Waals surface area contributed by atoms with Crippen LogP contribution >= 0.6 is 7.82 Å². The van der Waals surface area contributed by atoms with Crippen LogP contribution in [0.25, 0.3) is 0 Å². The summed E-state index contributed by atoms with van der Waals surface area (Å²) in [5, 5.41) is 30.6. The first-order valence-electron chi connectivity index (χ1n) is 21.7. The number of aliphatic hydroxyl groups is 3. The van der Waals surface area contributed by atoms with Gasteiger partial charge in [-0.15, -0.1) is 0 Å². The fourth-order valence-electron chi connectivity index (χ4n) is 5.63. The van der Waals surface area contributed by atoms with Crippen molar-refractivity contribution in [2.24, 2.45) is 0 Å². The number of hydrogen-bond acceptors (Lipinski definition) is 10. The third-order valence-corrected chi connectivity index (χ3v) is 10.2. The summed E-state index contributed by atoms with van der Waals surface area (Å²) >= 11 is 0. The van der Waals surface area contributed by atoms with E-state index < -0.39 is 50.8 Å². The minimum atomic E-state index is -4.47. The van der Waals surface area contributed by atoms with E-state index in [0.717, 1.165) is 44.9 Å². The molecule has 0 aliphatic carbocycles. The number of aliphatic hydroxyl groups excluding tert-OH is 3. The Bertz CT molecular complexity index is 1170. The SMILES string of the molecule is CCCCCCCCCCCCCCCC(=O)OCC(COP(=O)(O)OCC[N+](C)(C)C)OC(=O)CCCC(O)C(O)\C=C/C=C\C=C\C=C/C(O)CCCCC. The van der Waals surface area contributed by atoms with Gasteiger partial charge in [0.25, 0.3) is 0 Å². The van der Waals surface area contributed by atoms with Gasteiger partial charge in [-0.05, 0) is 25.7 Å². The third-order valence-electron chi connectivity index (χ3n) is 9.23. The van der Waals surface area contributed by atoms with Crippen LogP contribution in [-0.2, 0) is 32.7 Å². The molecule has 0 rings (SSSR count). The van der Waals surface area contributed by atoms with Crippen molar-refractivity contribution in [1.29, 1.82) is 0 Å². The summed E-state index contributed by atoms with van der Waals surface area (Å²) in [5.74, 6) is -1.13. The lowest BCUT2D eigenvalue weighted by Gasteiger charge is -2.24. The minimum Gasteiger partial charge on any atom is -0.462 e. The van der Waals surface area contributed by atoms with Gasteiger partial charge in [-0.3, -0.25) is 18.6 Å². The molecule has 0 bridgehead atoms. The molecule has 0 aliphatic heterocycles. The molecule has 0 saturated heterocycles. The number of carbonyl (C=O) groups is 2. The molecule has 0 aliphatic rings. The molecule has 0 amide bonds. The Morgan fingerprint density at radius 1 is 0.614 bits per heavy atom. The van der Waals surface area contributed by atoms with Crippen LogP contribution in [0.1, 0.15) is 149 Å². The summed E-state index contributed by atoms with van der Waals surface area (Å²) in [6.07, 6.45) is 29.6. The molecule has 5 atom stereocenters. The summed E-state index contributed by atoms with van der Waals surface area (Å²) in [7, 11) is 1.26. The van der Waals surface area contributed by atoms with E-state index >= 15 is 0 Å². The van der Waals surface area contributed by atoms with Crippen molar-refractivity contribution in [3.63, 3.8) is 0 Å². The molecule has 0 saturated carbocycles. The van der Waals surface area contributed by atoms with E-state index in [9.17, 15) is 34.4 Å². The number of hydrogen-bond donors (Lipinski definition) is 4. The van der Waals surface area contributed by atoms with Crippen molar-refractivity contribution >= 4 is 19.8 Å². The normalized spacial score (nSPS) is 15.7. The van der Waals surface area contributed by atoms with Crippen molar-refractivity contribution in [1.82, 2.24) is 0 Å². The number of esters is 2. The molecule has 0 heterocycles. The van der Waals surface area contributed by atoms with Gasteiger partial charge in [0.1, 0.15) is 19.8 Å². The van der Waals surface area contributed by atoms with E-state index in [1.807, 2.05) is 21.1 Å². The number of phosphoric ester groups is 1. The van der Waals surface area contributed by atoms with Gasteiger partial charge in [0.2, 0.25) is 0 Å². The van der Waals surface area contributed by atoms with Gasteiger partial charge in [0.05, 0.1) is 46.1 Å². The zero-order valence-corrected chi connectivity index (χ0v) is 37.0. The smallest absolute Gasteiger partial charge is 0.462 e. The summed E-state index contributed by atoms with van der Waals surface area (Å²) < 4.78 is 34.0. The maximum Gasteiger partial charge on any atom is 0.472 e. The number of likely N-dealkylation sites (N-methyl/N-ethyl adjacent to an activating group) is 1. The summed E-state index contributed by atoms with van der Waals surface area (Å²) in [4.78, 5) is 35.4. The maximum atomic E-state index is 12.7. The van der Waals surface area contributed by atoms with E-state index in [0.29, 0.717) is 17.4 Å². The molecule has 0 spiro atoms. The van der Waals surface area contributed by atoms with Crippen LogP contribution in [0, 0.1) is 0 Å². The lowest BCUT2D eigenvalue weighted by atomic mass is 10.0. The number of ether oxygens (including phenoxy) is 2. The van der Waals surface area contributed by atoms with Gasteiger partial charge in [-0.1, -0.05) is 159 Å². The Morgan fingerprint density at radius 3 is 1.70 bits per heavy atom. The van der Waals surface area contributed by atoms with Gasteiger partial charge in [0.15, 0.2) is 6.10 Å². The number of allylic oxidation sites excluding steroid dienone is 6. The minimum absolute atomic E-state index is 0.0325. The summed E-state index contributed by atoms with van der Waals surface area (Å²) in [6.45, 7) is 3.90. The van der Waals surface area contributed by atoms with Crippen LogP contribution in [0.5, 0.6) is 0 Å². The highest BCUT2D eigenvalue weighted by Gasteiger charge is 2.27. The highest BCUT2D eigenvalue weighted by molar-refractivity contribution is 7.47. The largest absolute Gasteiger partial charge is 0.472 e. The van der Waals surface area contributed by atoms with E-state index in [1.165, 1.54) is 63.9 Å². The van der Waals surface area contributed by atoms with Crippen molar-refractivity contribution in [3.05, 3.63) is 48.6 Å². The first-order chi connectivity index (χ1) is 27.2. The van der Waals surface area contributed by atoms with Crippen LogP contribution in [0.15, 0.2) is 48.6 Å². The van der Waals surface area contributed by atoms with Crippen LogP contribution in [0.4, 0.5) is 0 Å². The van der Waals surface area contributed by atoms with Crippen molar-refractivity contribution in [3.8, 4) is 0 Å². The molecule has 0 aromatic heterocycles. The lowest BCUT2D eigenvalue weighted by Crippen LogP contribution is -2.37. The average Bonchev–Trinajstić information content (AvgIpc) is 3.15.